The van der Waals surface area contributed by atoms with Crippen LogP contribution in [0, 0.1) is 0 Å². The Morgan fingerprint density at radius 2 is 1.86 bits per heavy atom. The van der Waals surface area contributed by atoms with Crippen LogP contribution in [0.5, 0.6) is 5.75 Å². The number of aliphatic hydroxyl groups is 1. The molecule has 9 nitrogen and oxygen atoms in total. The SMILES string of the molecule is C=CC(=O)N1CCN(/C2=N/C(OCCO)=N\CCN(c3cc(O)cc4ccccc34)CCC2=C)CC1. The molecule has 0 spiro atoms. The summed E-state index contributed by atoms with van der Waals surface area (Å²) in [5.41, 5.74) is 1.76. The number of hydrogen-bond acceptors (Lipinski definition) is 8. The van der Waals surface area contributed by atoms with Crippen molar-refractivity contribution in [3.05, 3.63) is 61.2 Å². The van der Waals surface area contributed by atoms with Crippen LogP contribution < -0.4 is 4.90 Å². The average molecular weight is 492 g/mol. The maximum Gasteiger partial charge on any atom is 0.313 e. The maximum absolute atomic E-state index is 12.0. The van der Waals surface area contributed by atoms with Crippen LogP contribution in [0.15, 0.2) is 71.2 Å². The summed E-state index contributed by atoms with van der Waals surface area (Å²) in [5.74, 6) is 0.813. The van der Waals surface area contributed by atoms with Crippen LogP contribution in [-0.4, -0.2) is 96.8 Å². The molecule has 0 aromatic heterocycles. The summed E-state index contributed by atoms with van der Waals surface area (Å²) in [5, 5.41) is 21.7. The predicted molar refractivity (Wildman–Crippen MR) is 143 cm³/mol. The molecule has 9 heteroatoms. The minimum absolute atomic E-state index is 0.0797. The summed E-state index contributed by atoms with van der Waals surface area (Å²) in [7, 11) is 0. The molecule has 1 saturated heterocycles. The average Bonchev–Trinajstić information content (AvgIpc) is 2.90. The number of hydrogen-bond donors (Lipinski definition) is 2. The largest absolute Gasteiger partial charge is 0.508 e. The number of ether oxygens (including phenoxy) is 1. The van der Waals surface area contributed by atoms with E-state index in [1.54, 1.807) is 17.0 Å². The predicted octanol–water partition coefficient (Wildman–Crippen LogP) is 2.41. The fourth-order valence-corrected chi connectivity index (χ4v) is 4.52. The maximum atomic E-state index is 12.0. The fourth-order valence-electron chi connectivity index (χ4n) is 4.52. The Bertz CT molecular complexity index is 1180. The van der Waals surface area contributed by atoms with Gasteiger partial charge in [-0.1, -0.05) is 37.4 Å². The van der Waals surface area contributed by atoms with Gasteiger partial charge >= 0.3 is 6.02 Å². The number of anilines is 1. The van der Waals surface area contributed by atoms with Crippen LogP contribution in [0.1, 0.15) is 6.42 Å². The van der Waals surface area contributed by atoms with Crippen molar-refractivity contribution in [3.8, 4) is 5.75 Å². The van der Waals surface area contributed by atoms with Crippen molar-refractivity contribution in [1.82, 2.24) is 9.80 Å². The molecule has 2 aromatic rings. The van der Waals surface area contributed by atoms with Crippen LogP contribution in [0.25, 0.3) is 10.8 Å². The van der Waals surface area contributed by atoms with Gasteiger partial charge in [-0.3, -0.25) is 4.79 Å². The molecule has 2 aliphatic rings. The highest BCUT2D eigenvalue weighted by molar-refractivity contribution is 6.04. The quantitative estimate of drug-likeness (QED) is 0.637. The Morgan fingerprint density at radius 1 is 1.08 bits per heavy atom. The number of phenolic OH excluding ortho intramolecular Hbond substituents is 1. The molecule has 2 heterocycles. The van der Waals surface area contributed by atoms with Crippen molar-refractivity contribution in [2.24, 2.45) is 9.98 Å². The molecule has 2 N–H and O–H groups in total. The Kier molecular flexibility index (Phi) is 8.22. The van der Waals surface area contributed by atoms with E-state index in [4.69, 9.17) is 9.73 Å². The summed E-state index contributed by atoms with van der Waals surface area (Å²) in [6.45, 7) is 11.9. The third kappa shape index (κ3) is 5.85. The van der Waals surface area contributed by atoms with Gasteiger partial charge in [-0.15, -0.1) is 0 Å². The lowest BCUT2D eigenvalue weighted by atomic mass is 10.1. The van der Waals surface area contributed by atoms with Crippen molar-refractivity contribution < 1.29 is 19.7 Å². The molecule has 0 atom stereocenters. The second kappa shape index (κ2) is 11.7. The number of aromatic hydroxyl groups is 1. The summed E-state index contributed by atoms with van der Waals surface area (Å²) < 4.78 is 5.65. The standard InChI is InChI=1S/C27H33N5O4/c1-3-25(35)31-12-14-32(15-13-31)26-20(2)8-10-30(11-9-28-27(29-26)36-17-16-33)24-19-22(34)18-21-6-4-5-7-23(21)24/h3-7,18-19,33-34H,1-2,8-17H2/b28-27+,29-26+. The number of benzene rings is 2. The number of phenols is 1. The van der Waals surface area contributed by atoms with Crippen LogP contribution >= 0.6 is 0 Å². The van der Waals surface area contributed by atoms with Crippen LogP contribution in [-0.2, 0) is 9.53 Å². The number of carbonyl (C=O) groups excluding carboxylic acids is 1. The first kappa shape index (κ1) is 25.2. The zero-order valence-electron chi connectivity index (χ0n) is 20.5. The third-order valence-electron chi connectivity index (χ3n) is 6.37. The topological polar surface area (TPSA) is 101 Å². The molecule has 0 unspecified atom stereocenters. The summed E-state index contributed by atoms with van der Waals surface area (Å²) in [6, 6.07) is 11.7. The lowest BCUT2D eigenvalue weighted by Gasteiger charge is -2.37. The highest BCUT2D eigenvalue weighted by atomic mass is 16.5. The minimum Gasteiger partial charge on any atom is -0.508 e. The van der Waals surface area contributed by atoms with Crippen LogP contribution in [0.3, 0.4) is 0 Å². The molecule has 0 bridgehead atoms. The summed E-state index contributed by atoms with van der Waals surface area (Å²) >= 11 is 0. The van der Waals surface area contributed by atoms with Gasteiger partial charge in [-0.2, -0.15) is 4.99 Å². The summed E-state index contributed by atoms with van der Waals surface area (Å²) in [6.07, 6.45) is 1.98. The summed E-state index contributed by atoms with van der Waals surface area (Å²) in [4.78, 5) is 27.4. The zero-order valence-corrected chi connectivity index (χ0v) is 20.5. The minimum atomic E-state index is -0.144. The van der Waals surface area contributed by atoms with Crippen molar-refractivity contribution in [1.29, 1.82) is 0 Å². The number of rotatable bonds is 4. The van der Waals surface area contributed by atoms with Gasteiger partial charge in [0, 0.05) is 56.4 Å². The van der Waals surface area contributed by atoms with E-state index in [-0.39, 0.29) is 30.9 Å². The van der Waals surface area contributed by atoms with E-state index in [0.29, 0.717) is 58.1 Å². The molecule has 190 valence electrons. The normalized spacial score (nSPS) is 20.4. The number of carbonyl (C=O) groups is 1. The Morgan fingerprint density at radius 3 is 2.61 bits per heavy atom. The second-order valence-corrected chi connectivity index (χ2v) is 8.71. The van der Waals surface area contributed by atoms with E-state index >= 15 is 0 Å². The Labute approximate surface area is 211 Å². The molecule has 1 amide bonds. The number of amidine groups is 2. The number of nitrogens with zero attached hydrogens (tertiary/aromatic N) is 5. The van der Waals surface area contributed by atoms with E-state index in [9.17, 15) is 15.0 Å². The lowest BCUT2D eigenvalue weighted by Crippen LogP contribution is -2.51. The highest BCUT2D eigenvalue weighted by Gasteiger charge is 2.25. The van der Waals surface area contributed by atoms with E-state index in [2.05, 4.69) is 28.0 Å². The molecule has 2 aliphatic heterocycles. The molecule has 2 aromatic carbocycles. The van der Waals surface area contributed by atoms with E-state index in [0.717, 1.165) is 22.0 Å². The van der Waals surface area contributed by atoms with Gasteiger partial charge in [-0.25, -0.2) is 4.99 Å². The Balaban J connectivity index is 1.61. The molecule has 0 saturated carbocycles. The monoisotopic (exact) mass is 491 g/mol. The molecule has 1 fully saturated rings. The molecule has 0 radical (unpaired) electrons. The number of piperazine rings is 1. The van der Waals surface area contributed by atoms with Crippen LogP contribution in [0.2, 0.25) is 0 Å². The first-order valence-electron chi connectivity index (χ1n) is 12.2. The number of aliphatic hydroxyl groups excluding tert-OH is 1. The molecular formula is C27H33N5O4. The first-order chi connectivity index (χ1) is 17.5. The molecule has 0 aliphatic carbocycles. The van der Waals surface area contributed by atoms with Crippen LogP contribution in [0.4, 0.5) is 5.69 Å². The van der Waals surface area contributed by atoms with Crippen molar-refractivity contribution in [2.75, 3.05) is 63.9 Å². The van der Waals surface area contributed by atoms with E-state index in [1.807, 2.05) is 24.3 Å². The van der Waals surface area contributed by atoms with Crippen molar-refractivity contribution in [2.45, 2.75) is 6.42 Å². The smallest absolute Gasteiger partial charge is 0.313 e. The van der Waals surface area contributed by atoms with Gasteiger partial charge in [0.05, 0.1) is 13.2 Å². The molecule has 4 rings (SSSR count). The van der Waals surface area contributed by atoms with Crippen molar-refractivity contribution >= 4 is 34.2 Å². The Hall–Kier alpha value is -3.85. The van der Waals surface area contributed by atoms with Gasteiger partial charge in [0.15, 0.2) is 0 Å². The van der Waals surface area contributed by atoms with E-state index in [1.165, 1.54) is 6.08 Å². The first-order valence-corrected chi connectivity index (χ1v) is 12.2. The van der Waals surface area contributed by atoms with Gasteiger partial charge < -0.3 is 29.6 Å². The van der Waals surface area contributed by atoms with Gasteiger partial charge in [0.25, 0.3) is 0 Å². The highest BCUT2D eigenvalue weighted by Crippen LogP contribution is 2.32. The van der Waals surface area contributed by atoms with Crippen molar-refractivity contribution in [3.63, 3.8) is 0 Å². The zero-order chi connectivity index (χ0) is 25.5. The molecule has 36 heavy (non-hydrogen) atoms. The number of aliphatic imine (C=N–C) groups is 2. The fraction of sp³-hybridized carbons (Fsp3) is 0.370. The lowest BCUT2D eigenvalue weighted by molar-refractivity contribution is -0.127. The van der Waals surface area contributed by atoms with E-state index < -0.39 is 0 Å². The number of fused-ring (bicyclic) bond motifs is 1. The number of amides is 1. The van der Waals surface area contributed by atoms with Gasteiger partial charge in [-0.05, 0) is 29.5 Å². The third-order valence-corrected chi connectivity index (χ3v) is 6.37. The van der Waals surface area contributed by atoms with Gasteiger partial charge in [0.2, 0.25) is 5.91 Å². The second-order valence-electron chi connectivity index (χ2n) is 8.71. The van der Waals surface area contributed by atoms with Gasteiger partial charge in [0.1, 0.15) is 18.2 Å². The molecular weight excluding hydrogens is 458 g/mol.